The van der Waals surface area contributed by atoms with Crippen LogP contribution in [0.2, 0.25) is 0 Å². The SMILES string of the molecule is COc1ccc2c(c1)CC[C@@H](OS(=O)(=O)C[C@@]13CC[C@H](CC1=O)C3(C)C)C2=O. The van der Waals surface area contributed by atoms with Gasteiger partial charge in [-0.1, -0.05) is 13.8 Å². The fourth-order valence-electron chi connectivity index (χ4n) is 5.45. The van der Waals surface area contributed by atoms with E-state index in [0.29, 0.717) is 37.0 Å². The summed E-state index contributed by atoms with van der Waals surface area (Å²) in [4.78, 5) is 25.4. The summed E-state index contributed by atoms with van der Waals surface area (Å²) in [6, 6.07) is 5.14. The lowest BCUT2D eigenvalue weighted by Crippen LogP contribution is -2.44. The first kappa shape index (κ1) is 19.6. The molecule has 152 valence electrons. The fraction of sp³-hybridized carbons (Fsp3) is 0.619. The van der Waals surface area contributed by atoms with Crippen LogP contribution in [0.15, 0.2) is 18.2 Å². The molecule has 0 aliphatic heterocycles. The zero-order chi connectivity index (χ0) is 20.3. The monoisotopic (exact) mass is 406 g/mol. The van der Waals surface area contributed by atoms with E-state index >= 15 is 0 Å². The van der Waals surface area contributed by atoms with Crippen LogP contribution in [0.25, 0.3) is 0 Å². The molecule has 7 heteroatoms. The lowest BCUT2D eigenvalue weighted by Gasteiger charge is -2.36. The average molecular weight is 407 g/mol. The zero-order valence-corrected chi connectivity index (χ0v) is 17.3. The number of Topliss-reactive ketones (excluding diaryl/α,β-unsaturated/α-hetero) is 2. The highest BCUT2D eigenvalue weighted by Crippen LogP contribution is 2.64. The van der Waals surface area contributed by atoms with E-state index in [9.17, 15) is 18.0 Å². The largest absolute Gasteiger partial charge is 0.497 e. The van der Waals surface area contributed by atoms with Gasteiger partial charge in [0.1, 0.15) is 17.6 Å². The number of aryl methyl sites for hydroxylation is 1. The number of methoxy groups -OCH3 is 1. The topological polar surface area (TPSA) is 86.7 Å². The van der Waals surface area contributed by atoms with Crippen LogP contribution in [0.4, 0.5) is 0 Å². The number of carbonyl (C=O) groups excluding carboxylic acids is 2. The molecule has 28 heavy (non-hydrogen) atoms. The summed E-state index contributed by atoms with van der Waals surface area (Å²) in [7, 11) is -2.47. The van der Waals surface area contributed by atoms with Crippen molar-refractivity contribution >= 4 is 21.7 Å². The van der Waals surface area contributed by atoms with Crippen LogP contribution in [0.5, 0.6) is 5.75 Å². The maximum Gasteiger partial charge on any atom is 0.269 e. The lowest BCUT2D eigenvalue weighted by atomic mass is 9.70. The van der Waals surface area contributed by atoms with E-state index in [1.165, 1.54) is 0 Å². The smallest absolute Gasteiger partial charge is 0.269 e. The maximum absolute atomic E-state index is 12.9. The molecular formula is C21H26O6S. The first-order valence-corrected chi connectivity index (χ1v) is 11.3. The van der Waals surface area contributed by atoms with Crippen LogP contribution < -0.4 is 4.74 Å². The molecule has 0 aromatic heterocycles. The minimum atomic E-state index is -4.03. The predicted molar refractivity (Wildman–Crippen MR) is 103 cm³/mol. The van der Waals surface area contributed by atoms with E-state index in [2.05, 4.69) is 0 Å². The summed E-state index contributed by atoms with van der Waals surface area (Å²) in [5, 5.41) is 0. The van der Waals surface area contributed by atoms with Crippen molar-refractivity contribution in [2.45, 2.75) is 52.1 Å². The number of ketones is 2. The van der Waals surface area contributed by atoms with Gasteiger partial charge < -0.3 is 4.74 Å². The van der Waals surface area contributed by atoms with Gasteiger partial charge in [0.15, 0.2) is 5.78 Å². The molecule has 0 spiro atoms. The van der Waals surface area contributed by atoms with Crippen LogP contribution in [0.3, 0.4) is 0 Å². The molecule has 2 bridgehead atoms. The second-order valence-corrected chi connectivity index (χ2v) is 10.5. The van der Waals surface area contributed by atoms with Crippen LogP contribution in [-0.2, 0) is 25.5 Å². The van der Waals surface area contributed by atoms with E-state index in [1.54, 1.807) is 25.3 Å². The van der Waals surface area contributed by atoms with E-state index in [1.807, 2.05) is 13.8 Å². The van der Waals surface area contributed by atoms with Crippen molar-refractivity contribution < 1.29 is 26.9 Å². The zero-order valence-electron chi connectivity index (χ0n) is 16.5. The van der Waals surface area contributed by atoms with Crippen molar-refractivity contribution in [2.24, 2.45) is 16.7 Å². The van der Waals surface area contributed by atoms with Gasteiger partial charge in [-0.2, -0.15) is 8.42 Å². The Bertz CT molecular complexity index is 948. The lowest BCUT2D eigenvalue weighted by molar-refractivity contribution is -0.128. The highest BCUT2D eigenvalue weighted by atomic mass is 32.2. The number of carbonyl (C=O) groups is 2. The Morgan fingerprint density at radius 2 is 1.93 bits per heavy atom. The van der Waals surface area contributed by atoms with Gasteiger partial charge in [-0.25, -0.2) is 0 Å². The van der Waals surface area contributed by atoms with Crippen molar-refractivity contribution in [3.05, 3.63) is 29.3 Å². The van der Waals surface area contributed by atoms with Gasteiger partial charge in [-0.3, -0.25) is 13.8 Å². The summed E-state index contributed by atoms with van der Waals surface area (Å²) in [6.45, 7) is 3.97. The van der Waals surface area contributed by atoms with Crippen LogP contribution in [0, 0.1) is 16.7 Å². The molecule has 0 heterocycles. The van der Waals surface area contributed by atoms with E-state index < -0.39 is 21.6 Å². The molecule has 3 atom stereocenters. The molecule has 3 aliphatic carbocycles. The van der Waals surface area contributed by atoms with Crippen LogP contribution in [0.1, 0.15) is 55.5 Å². The van der Waals surface area contributed by atoms with Gasteiger partial charge in [0.05, 0.1) is 18.3 Å². The molecular weight excluding hydrogens is 380 g/mol. The van der Waals surface area contributed by atoms with Crippen molar-refractivity contribution in [1.29, 1.82) is 0 Å². The molecule has 4 rings (SSSR count). The Kier molecular flexibility index (Phi) is 4.47. The third kappa shape index (κ3) is 2.82. The number of ether oxygens (including phenoxy) is 1. The third-order valence-electron chi connectivity index (χ3n) is 7.37. The molecule has 6 nitrogen and oxygen atoms in total. The standard InChI is InChI=1S/C21H26O6S/c1-20(2)14-8-9-21(20,18(22)11-14)12-28(24,25)27-17-7-4-13-10-15(26-3)5-6-16(13)19(17)23/h5-6,10,14,17H,4,7-9,11-12H2,1-3H3/t14-,17-,21+/m1/s1. The Labute approximate surface area is 165 Å². The molecule has 0 N–H and O–H groups in total. The van der Waals surface area contributed by atoms with Crippen molar-refractivity contribution in [3.63, 3.8) is 0 Å². The van der Waals surface area contributed by atoms with Gasteiger partial charge in [-0.05, 0) is 60.8 Å². The first-order valence-electron chi connectivity index (χ1n) is 9.75. The van der Waals surface area contributed by atoms with Gasteiger partial charge in [0, 0.05) is 12.0 Å². The quantitative estimate of drug-likeness (QED) is 0.699. The van der Waals surface area contributed by atoms with E-state index in [-0.39, 0.29) is 28.7 Å². The minimum Gasteiger partial charge on any atom is -0.497 e. The molecule has 3 aliphatic rings. The number of benzene rings is 1. The number of hydrogen-bond acceptors (Lipinski definition) is 6. The van der Waals surface area contributed by atoms with Crippen molar-refractivity contribution in [3.8, 4) is 5.75 Å². The third-order valence-corrected chi connectivity index (χ3v) is 8.74. The fourth-order valence-corrected chi connectivity index (χ4v) is 7.33. The number of hydrogen-bond donors (Lipinski definition) is 0. The molecule has 0 unspecified atom stereocenters. The molecule has 2 fully saturated rings. The molecule has 1 aromatic rings. The predicted octanol–water partition coefficient (Wildman–Crippen LogP) is 2.93. The number of fused-ring (bicyclic) bond motifs is 3. The normalized spacial score (nSPS) is 31.1. The molecule has 2 saturated carbocycles. The highest BCUT2D eigenvalue weighted by Gasteiger charge is 2.65. The van der Waals surface area contributed by atoms with Crippen molar-refractivity contribution in [1.82, 2.24) is 0 Å². The minimum absolute atomic E-state index is 0.0216. The summed E-state index contributed by atoms with van der Waals surface area (Å²) < 4.78 is 36.3. The highest BCUT2D eigenvalue weighted by molar-refractivity contribution is 7.86. The average Bonchev–Trinajstić information content (AvgIpc) is 2.97. The Hall–Kier alpha value is -1.73. The molecule has 1 aromatic carbocycles. The number of rotatable bonds is 5. The summed E-state index contributed by atoms with van der Waals surface area (Å²) >= 11 is 0. The van der Waals surface area contributed by atoms with E-state index in [4.69, 9.17) is 8.92 Å². The Balaban J connectivity index is 1.54. The van der Waals surface area contributed by atoms with Gasteiger partial charge in [0.25, 0.3) is 10.1 Å². The molecule has 0 saturated heterocycles. The first-order chi connectivity index (χ1) is 13.1. The second-order valence-electron chi connectivity index (χ2n) is 8.88. The summed E-state index contributed by atoms with van der Waals surface area (Å²) in [5.74, 6) is 0.255. The van der Waals surface area contributed by atoms with Gasteiger partial charge in [0.2, 0.25) is 0 Å². The summed E-state index contributed by atoms with van der Waals surface area (Å²) in [5.41, 5.74) is 0.0641. The van der Waals surface area contributed by atoms with Gasteiger partial charge >= 0.3 is 0 Å². The van der Waals surface area contributed by atoms with Crippen LogP contribution in [-0.4, -0.2) is 39.0 Å². The van der Waals surface area contributed by atoms with Crippen molar-refractivity contribution in [2.75, 3.05) is 12.9 Å². The summed E-state index contributed by atoms with van der Waals surface area (Å²) in [6.07, 6.45) is 1.69. The van der Waals surface area contributed by atoms with Gasteiger partial charge in [-0.15, -0.1) is 0 Å². The second kappa shape index (κ2) is 6.39. The maximum atomic E-state index is 12.9. The molecule has 0 amide bonds. The molecule has 0 radical (unpaired) electrons. The van der Waals surface area contributed by atoms with E-state index in [0.717, 1.165) is 12.0 Å². The van der Waals surface area contributed by atoms with Crippen LogP contribution >= 0.6 is 0 Å². The Morgan fingerprint density at radius 3 is 2.54 bits per heavy atom. The Morgan fingerprint density at radius 1 is 1.18 bits per heavy atom.